The second-order valence-corrected chi connectivity index (χ2v) is 21.9. The molecule has 6 N–H and O–H groups in total. The largest absolute Gasteiger partial charge is 0.400 e. The Kier molecular flexibility index (Phi) is 116. The van der Waals surface area contributed by atoms with Crippen LogP contribution in [0.25, 0.3) is 0 Å². The SMILES string of the molecule is C.C.C1N2CN3CN1CN(C2)C3.CC.CC.CC.CC.CC.CC.CC.CC.CC(C)(C)c1ccccc1.CC(C)(C)c1ccccc1.CC(c1ccccc1)(c1ccccc1)c1ccccc1.CC(c1ccccc1)(c1ccccc1)c1ccccc1.CC=O.CC=O.CC=O.CO.CO.CO.CO.CO.CO. The van der Waals surface area contributed by atoms with E-state index < -0.39 is 0 Å². The summed E-state index contributed by atoms with van der Waals surface area (Å²) >= 11 is 0. The number of rotatable bonds is 6. The highest BCUT2D eigenvalue weighted by atomic mass is 16.2. The van der Waals surface area contributed by atoms with Gasteiger partial charge in [0.25, 0.3) is 0 Å². The lowest BCUT2D eigenvalue weighted by atomic mass is 9.71. The summed E-state index contributed by atoms with van der Waals surface area (Å²) in [6.45, 7) is 61.4. The molecule has 12 rings (SSSR count). The van der Waals surface area contributed by atoms with Gasteiger partial charge in [-0.15, -0.1) is 0 Å². The first kappa shape index (κ1) is 131. The molecule has 8 aromatic carbocycles. The van der Waals surface area contributed by atoms with Crippen LogP contribution in [0.4, 0.5) is 0 Å². The Morgan fingerprint density at radius 1 is 0.211 bits per heavy atom. The molecule has 0 spiro atoms. The second-order valence-electron chi connectivity index (χ2n) is 21.9. The van der Waals surface area contributed by atoms with E-state index in [2.05, 4.69) is 318 Å². The minimum Gasteiger partial charge on any atom is -0.400 e. The fourth-order valence-electron chi connectivity index (χ4n) is 9.74. The van der Waals surface area contributed by atoms with Gasteiger partial charge in [0, 0.05) is 53.5 Å². The van der Waals surface area contributed by atoms with E-state index in [9.17, 15) is 0 Å². The van der Waals surface area contributed by atoms with Crippen LogP contribution in [0.5, 0.6) is 0 Å². The van der Waals surface area contributed by atoms with Crippen LogP contribution in [0.1, 0.15) is 246 Å². The highest BCUT2D eigenvalue weighted by molar-refractivity contribution is 5.51. The Morgan fingerprint density at radius 3 is 0.367 bits per heavy atom. The highest BCUT2D eigenvalue weighted by Gasteiger charge is 2.36. The van der Waals surface area contributed by atoms with Crippen LogP contribution in [0.3, 0.4) is 0 Å². The summed E-state index contributed by atoms with van der Waals surface area (Å²) in [6.07, 6.45) is 2.25. The van der Waals surface area contributed by atoms with Crippen molar-refractivity contribution in [2.24, 2.45) is 0 Å². The number of benzene rings is 8. The van der Waals surface area contributed by atoms with E-state index in [1.165, 1.54) is 105 Å². The van der Waals surface area contributed by atoms with Crippen molar-refractivity contribution >= 4 is 18.9 Å². The standard InChI is InChI=1S/2C20H18.2C10H14.C6H12N4.3C2H4O.8C2H6.6CH4O.2CH4/c2*1-20(17-11-5-2-6-12-17,18-13-7-3-8-14-18)19-15-9-4-10-16-19;2*1-10(2,3)9-7-5-4-6-8-9;1-7-2-9-4-8(1)5-10(3-7)6-9;3*1-2-3;14*1-2;;/h2*2-16H,1H3;2*4-8H,1-3H3;1-6H2;3*2H,1H3;8*1-2H3;6*2H,1H3;2*1H4. The lowest BCUT2D eigenvalue weighted by Gasteiger charge is -2.56. The number of aliphatic hydroxyl groups excluding tert-OH is 6. The summed E-state index contributed by atoms with van der Waals surface area (Å²) in [7, 11) is 6.00. The Balaban J connectivity index is -0.0000000877. The lowest BCUT2D eigenvalue weighted by Crippen LogP contribution is -2.71. The van der Waals surface area contributed by atoms with Crippen LogP contribution in [-0.4, -0.2) is 152 Å². The van der Waals surface area contributed by atoms with Crippen molar-refractivity contribution in [3.8, 4) is 0 Å². The molecule has 4 aliphatic heterocycles. The molecule has 13 nitrogen and oxygen atoms in total. The maximum atomic E-state index is 8.81. The number of nitrogens with zero attached hydrogens (tertiary/aromatic N) is 4. The Hall–Kier alpha value is -7.63. The van der Waals surface area contributed by atoms with Crippen LogP contribution in [0.15, 0.2) is 243 Å². The van der Waals surface area contributed by atoms with Gasteiger partial charge in [0.1, 0.15) is 18.9 Å². The maximum Gasteiger partial charge on any atom is 0.116 e. The van der Waals surface area contributed by atoms with Gasteiger partial charge in [-0.3, -0.25) is 19.6 Å². The Morgan fingerprint density at radius 2 is 0.294 bits per heavy atom. The zero-order chi connectivity index (χ0) is 85.6. The molecule has 4 saturated heterocycles. The number of hydrogen-bond acceptors (Lipinski definition) is 13. The summed E-state index contributed by atoms with van der Waals surface area (Å²) < 4.78 is 0. The fraction of sp³-hybridized carbons (Fsp3) is 0.469. The molecule has 109 heavy (non-hydrogen) atoms. The summed E-state index contributed by atoms with van der Waals surface area (Å²) in [5.74, 6) is 0. The van der Waals surface area contributed by atoms with Gasteiger partial charge in [-0.2, -0.15) is 0 Å². The van der Waals surface area contributed by atoms with Gasteiger partial charge in [-0.25, -0.2) is 0 Å². The second kappa shape index (κ2) is 96.4. The minimum absolute atomic E-state index is 0. The fourth-order valence-corrected chi connectivity index (χ4v) is 9.74. The van der Waals surface area contributed by atoms with Crippen LogP contribution in [0.2, 0.25) is 0 Å². The predicted octanol–water partition coefficient (Wildman–Crippen LogP) is 22.8. The molecule has 0 unspecified atom stereocenters. The number of carbonyl (C=O) groups excluding carboxylic acids is 3. The smallest absolute Gasteiger partial charge is 0.116 e. The molecule has 4 fully saturated rings. The molecule has 4 bridgehead atoms. The van der Waals surface area contributed by atoms with E-state index in [-0.39, 0.29) is 25.7 Å². The van der Waals surface area contributed by atoms with Gasteiger partial charge >= 0.3 is 0 Å². The van der Waals surface area contributed by atoms with Gasteiger partial charge in [0.2, 0.25) is 0 Å². The zero-order valence-corrected chi connectivity index (χ0v) is 73.8. The number of aliphatic hydroxyl groups is 6. The molecule has 0 atom stereocenters. The van der Waals surface area contributed by atoms with Crippen molar-refractivity contribution in [2.75, 3.05) is 82.7 Å². The summed E-state index contributed by atoms with van der Waals surface area (Å²) in [5, 5.41) is 42.0. The third-order valence-electron chi connectivity index (χ3n) is 13.8. The van der Waals surface area contributed by atoms with Crippen LogP contribution >= 0.6 is 0 Å². The van der Waals surface area contributed by atoms with Crippen molar-refractivity contribution in [1.29, 1.82) is 0 Å². The topological polar surface area (TPSA) is 186 Å². The van der Waals surface area contributed by atoms with Crippen molar-refractivity contribution in [2.45, 2.75) is 223 Å². The number of aldehydes is 3. The van der Waals surface area contributed by atoms with E-state index in [0.717, 1.165) is 61.5 Å². The first-order chi connectivity index (χ1) is 52.0. The van der Waals surface area contributed by atoms with Gasteiger partial charge in [-0.1, -0.05) is 410 Å². The summed E-state index contributed by atoms with van der Waals surface area (Å²) in [4.78, 5) is 36.3. The van der Waals surface area contributed by atoms with Gasteiger partial charge in [0.05, 0.1) is 40.0 Å². The van der Waals surface area contributed by atoms with E-state index in [1.807, 2.05) is 111 Å². The van der Waals surface area contributed by atoms with Crippen molar-refractivity contribution in [1.82, 2.24) is 19.6 Å². The molecule has 0 radical (unpaired) electrons. The van der Waals surface area contributed by atoms with Crippen molar-refractivity contribution < 1.29 is 45.0 Å². The van der Waals surface area contributed by atoms with Crippen LogP contribution < -0.4 is 0 Å². The minimum atomic E-state index is -0.121. The summed E-state index contributed by atoms with van der Waals surface area (Å²) in [6, 6.07) is 85.3. The first-order valence-corrected chi connectivity index (χ1v) is 38.2. The average Bonchev–Trinajstić information content (AvgIpc) is 0.782. The molecule has 0 aromatic heterocycles. The Labute approximate surface area is 673 Å². The zero-order valence-electron chi connectivity index (χ0n) is 73.8. The third-order valence-corrected chi connectivity index (χ3v) is 13.8. The Bertz CT molecular complexity index is 2450. The molecular weight excluding hydrogens is 1350 g/mol. The normalized spacial score (nSPS) is 12.7. The van der Waals surface area contributed by atoms with Gasteiger partial charge < -0.3 is 45.0 Å². The highest BCUT2D eigenvalue weighted by Crippen LogP contribution is 2.40. The molecule has 4 aliphatic rings. The first-order valence-electron chi connectivity index (χ1n) is 38.2. The third kappa shape index (κ3) is 58.9. The maximum absolute atomic E-state index is 8.81. The van der Waals surface area contributed by atoms with Crippen LogP contribution in [0, 0.1) is 0 Å². The van der Waals surface area contributed by atoms with Gasteiger partial charge in [-0.05, 0) is 90.0 Å². The quantitative estimate of drug-likeness (QED) is 0.0683. The molecule has 8 aromatic rings. The average molecular weight is 1520 g/mol. The number of carbonyl (C=O) groups is 3. The lowest BCUT2D eigenvalue weighted by molar-refractivity contribution is -0.194. The molecule has 0 amide bonds. The number of hydrogen-bond donors (Lipinski definition) is 6. The molecule has 13 heteroatoms. The van der Waals surface area contributed by atoms with E-state index in [0.29, 0.717) is 10.8 Å². The molecule has 0 saturated carbocycles. The van der Waals surface area contributed by atoms with E-state index >= 15 is 0 Å². The molecule has 4 heterocycles. The van der Waals surface area contributed by atoms with E-state index in [4.69, 9.17) is 45.0 Å². The molecular formula is C96H168N4O9. The summed E-state index contributed by atoms with van der Waals surface area (Å²) in [5.41, 5.74) is 11.0. The molecule has 0 aliphatic carbocycles. The van der Waals surface area contributed by atoms with Gasteiger partial charge in [0.15, 0.2) is 0 Å². The van der Waals surface area contributed by atoms with Crippen molar-refractivity contribution in [3.63, 3.8) is 0 Å². The monoisotopic (exact) mass is 1520 g/mol. The predicted molar refractivity (Wildman–Crippen MR) is 485 cm³/mol. The van der Waals surface area contributed by atoms with E-state index in [1.54, 1.807) is 0 Å². The van der Waals surface area contributed by atoms with Crippen molar-refractivity contribution in [3.05, 3.63) is 287 Å². The van der Waals surface area contributed by atoms with Crippen LogP contribution in [-0.2, 0) is 36.0 Å². The molecule has 626 valence electrons.